The van der Waals surface area contributed by atoms with Crippen molar-refractivity contribution < 1.29 is 9.59 Å². The van der Waals surface area contributed by atoms with E-state index in [4.69, 9.17) is 23.2 Å². The Balaban J connectivity index is 1.95. The number of carbonyl (C=O) groups excluding carboxylic acids is 2. The lowest BCUT2D eigenvalue weighted by Gasteiger charge is -2.13. The molecule has 0 aliphatic heterocycles. The fourth-order valence-corrected chi connectivity index (χ4v) is 2.49. The van der Waals surface area contributed by atoms with Crippen LogP contribution in [0.3, 0.4) is 0 Å². The summed E-state index contributed by atoms with van der Waals surface area (Å²) >= 11 is 11.9. The maximum absolute atomic E-state index is 12.1. The smallest absolute Gasteiger partial charge is 0.244 e. The number of nitrogens with one attached hydrogen (secondary N) is 2. The molecule has 0 aliphatic carbocycles. The molecule has 0 spiro atoms. The molecule has 0 bridgehead atoms. The summed E-state index contributed by atoms with van der Waals surface area (Å²) in [5.41, 5.74) is 2.43. The normalized spacial score (nSPS) is 12.0. The van der Waals surface area contributed by atoms with E-state index in [1.54, 1.807) is 30.3 Å². The number of carbonyl (C=O) groups is 2. The molecule has 4 nitrogen and oxygen atoms in total. The standard InChI is InChI=1S/C19H18Cl2N2O2/c1-12(15-6-9-17(20)18(21)11-15)22-19(25)10-5-14-3-7-16(8-4-14)23-13(2)24/h3-12H,1-2H3,(H,22,25)(H,23,24)/b10-5+. The van der Waals surface area contributed by atoms with E-state index < -0.39 is 0 Å². The van der Waals surface area contributed by atoms with Crippen LogP contribution >= 0.6 is 23.2 Å². The highest BCUT2D eigenvalue weighted by Crippen LogP contribution is 2.25. The summed E-state index contributed by atoms with van der Waals surface area (Å²) < 4.78 is 0. The average molecular weight is 377 g/mol. The first-order valence-corrected chi connectivity index (χ1v) is 8.42. The third-order valence-electron chi connectivity index (χ3n) is 3.46. The Hall–Kier alpha value is -2.30. The zero-order chi connectivity index (χ0) is 18.4. The van der Waals surface area contributed by atoms with E-state index in [2.05, 4.69) is 10.6 Å². The molecular formula is C19H18Cl2N2O2. The summed E-state index contributed by atoms with van der Waals surface area (Å²) in [6.45, 7) is 3.32. The maximum atomic E-state index is 12.1. The summed E-state index contributed by atoms with van der Waals surface area (Å²) in [6.07, 6.45) is 3.16. The van der Waals surface area contributed by atoms with Crippen molar-refractivity contribution in [1.29, 1.82) is 0 Å². The van der Waals surface area contributed by atoms with E-state index in [9.17, 15) is 9.59 Å². The highest BCUT2D eigenvalue weighted by Gasteiger charge is 2.09. The molecule has 2 N–H and O–H groups in total. The number of rotatable bonds is 5. The monoisotopic (exact) mass is 376 g/mol. The topological polar surface area (TPSA) is 58.2 Å². The van der Waals surface area contributed by atoms with Gasteiger partial charge in [-0.05, 0) is 48.4 Å². The second-order valence-corrected chi connectivity index (χ2v) is 6.35. The van der Waals surface area contributed by atoms with Crippen molar-refractivity contribution in [1.82, 2.24) is 5.32 Å². The molecule has 0 saturated heterocycles. The second kappa shape index (κ2) is 8.70. The number of hydrogen-bond acceptors (Lipinski definition) is 2. The summed E-state index contributed by atoms with van der Waals surface area (Å²) in [5, 5.41) is 6.49. The van der Waals surface area contributed by atoms with E-state index in [1.807, 2.05) is 25.1 Å². The molecule has 2 amide bonds. The van der Waals surface area contributed by atoms with E-state index in [1.165, 1.54) is 13.0 Å². The van der Waals surface area contributed by atoms with Gasteiger partial charge >= 0.3 is 0 Å². The van der Waals surface area contributed by atoms with E-state index in [0.29, 0.717) is 15.7 Å². The number of benzene rings is 2. The third-order valence-corrected chi connectivity index (χ3v) is 4.20. The van der Waals surface area contributed by atoms with Gasteiger partial charge < -0.3 is 10.6 Å². The van der Waals surface area contributed by atoms with E-state index in [0.717, 1.165) is 11.1 Å². The SMILES string of the molecule is CC(=O)Nc1ccc(/C=C/C(=O)NC(C)c2ccc(Cl)c(Cl)c2)cc1. The molecule has 2 aromatic rings. The number of anilines is 1. The summed E-state index contributed by atoms with van der Waals surface area (Å²) in [4.78, 5) is 23.0. The quantitative estimate of drug-likeness (QED) is 0.733. The fraction of sp³-hybridized carbons (Fsp3) is 0.158. The van der Waals surface area contributed by atoms with Crippen molar-refractivity contribution in [2.75, 3.05) is 5.32 Å². The zero-order valence-corrected chi connectivity index (χ0v) is 15.4. The minimum Gasteiger partial charge on any atom is -0.346 e. The van der Waals surface area contributed by atoms with Crippen molar-refractivity contribution in [2.24, 2.45) is 0 Å². The lowest BCUT2D eigenvalue weighted by molar-refractivity contribution is -0.117. The van der Waals surface area contributed by atoms with Gasteiger partial charge in [-0.1, -0.05) is 41.4 Å². The minimum absolute atomic E-state index is 0.126. The maximum Gasteiger partial charge on any atom is 0.244 e. The molecule has 2 rings (SSSR count). The van der Waals surface area contributed by atoms with Gasteiger partial charge in [0.15, 0.2) is 0 Å². The van der Waals surface area contributed by atoms with Crippen LogP contribution in [0.25, 0.3) is 6.08 Å². The minimum atomic E-state index is -0.218. The Labute approximate surface area is 156 Å². The van der Waals surface area contributed by atoms with Gasteiger partial charge in [-0.25, -0.2) is 0 Å². The van der Waals surface area contributed by atoms with Gasteiger partial charge in [0.25, 0.3) is 0 Å². The molecule has 0 radical (unpaired) electrons. The lowest BCUT2D eigenvalue weighted by atomic mass is 10.1. The van der Waals surface area contributed by atoms with Crippen LogP contribution in [0.4, 0.5) is 5.69 Å². The number of amides is 2. The molecule has 1 unspecified atom stereocenters. The van der Waals surface area contributed by atoms with Crippen molar-refractivity contribution in [3.8, 4) is 0 Å². The van der Waals surface area contributed by atoms with Crippen LogP contribution in [0.15, 0.2) is 48.5 Å². The largest absolute Gasteiger partial charge is 0.346 e. The Bertz CT molecular complexity index is 802. The Morgan fingerprint density at radius 1 is 1.04 bits per heavy atom. The van der Waals surface area contributed by atoms with Crippen LogP contribution in [-0.2, 0) is 9.59 Å². The first-order valence-electron chi connectivity index (χ1n) is 7.66. The van der Waals surface area contributed by atoms with Crippen LogP contribution in [-0.4, -0.2) is 11.8 Å². The fourth-order valence-electron chi connectivity index (χ4n) is 2.18. The second-order valence-electron chi connectivity index (χ2n) is 5.54. The predicted molar refractivity (Wildman–Crippen MR) is 103 cm³/mol. The van der Waals surface area contributed by atoms with Crippen LogP contribution < -0.4 is 10.6 Å². The Morgan fingerprint density at radius 3 is 2.32 bits per heavy atom. The van der Waals surface area contributed by atoms with E-state index >= 15 is 0 Å². The molecule has 6 heteroatoms. The molecule has 0 fully saturated rings. The molecule has 2 aromatic carbocycles. The van der Waals surface area contributed by atoms with Crippen LogP contribution in [0.2, 0.25) is 10.0 Å². The van der Waals surface area contributed by atoms with Gasteiger partial charge in [0, 0.05) is 18.7 Å². The zero-order valence-electron chi connectivity index (χ0n) is 13.8. The molecule has 0 heterocycles. The molecule has 130 valence electrons. The molecule has 25 heavy (non-hydrogen) atoms. The summed E-state index contributed by atoms with van der Waals surface area (Å²) in [6, 6.07) is 12.2. The first-order chi connectivity index (χ1) is 11.8. The molecule has 0 aromatic heterocycles. The highest BCUT2D eigenvalue weighted by molar-refractivity contribution is 6.42. The van der Waals surface area contributed by atoms with Gasteiger partial charge in [-0.2, -0.15) is 0 Å². The van der Waals surface area contributed by atoms with E-state index in [-0.39, 0.29) is 17.9 Å². The van der Waals surface area contributed by atoms with Crippen LogP contribution in [0, 0.1) is 0 Å². The Morgan fingerprint density at radius 2 is 1.72 bits per heavy atom. The third kappa shape index (κ3) is 5.93. The Kier molecular flexibility index (Phi) is 6.62. The van der Waals surface area contributed by atoms with Gasteiger partial charge in [-0.3, -0.25) is 9.59 Å². The van der Waals surface area contributed by atoms with Crippen molar-refractivity contribution in [2.45, 2.75) is 19.9 Å². The van der Waals surface area contributed by atoms with Crippen molar-refractivity contribution in [3.63, 3.8) is 0 Å². The van der Waals surface area contributed by atoms with Gasteiger partial charge in [0.05, 0.1) is 16.1 Å². The number of hydrogen-bond donors (Lipinski definition) is 2. The average Bonchev–Trinajstić information content (AvgIpc) is 2.56. The molecule has 0 saturated carbocycles. The highest BCUT2D eigenvalue weighted by atomic mass is 35.5. The van der Waals surface area contributed by atoms with Crippen LogP contribution in [0.5, 0.6) is 0 Å². The predicted octanol–water partition coefficient (Wildman–Crippen LogP) is 4.84. The van der Waals surface area contributed by atoms with Crippen LogP contribution in [0.1, 0.15) is 31.0 Å². The first kappa shape index (κ1) is 19.0. The number of halogens is 2. The van der Waals surface area contributed by atoms with Gasteiger partial charge in [0.2, 0.25) is 11.8 Å². The summed E-state index contributed by atoms with van der Waals surface area (Å²) in [5.74, 6) is -0.344. The molecule has 1 atom stereocenters. The molecule has 0 aliphatic rings. The van der Waals surface area contributed by atoms with Crippen molar-refractivity contribution >= 4 is 46.8 Å². The lowest BCUT2D eigenvalue weighted by Crippen LogP contribution is -2.24. The van der Waals surface area contributed by atoms with Gasteiger partial charge in [-0.15, -0.1) is 0 Å². The summed E-state index contributed by atoms with van der Waals surface area (Å²) in [7, 11) is 0. The van der Waals surface area contributed by atoms with Crippen molar-refractivity contribution in [3.05, 3.63) is 69.7 Å². The molecular weight excluding hydrogens is 359 g/mol. The van der Waals surface area contributed by atoms with Gasteiger partial charge in [0.1, 0.15) is 0 Å².